The summed E-state index contributed by atoms with van der Waals surface area (Å²) >= 11 is 0. The van der Waals surface area contributed by atoms with Crippen LogP contribution in [-0.4, -0.2) is 38.2 Å². The number of carbonyl (C=O) groups is 2. The van der Waals surface area contributed by atoms with Crippen LogP contribution in [0, 0.1) is 5.92 Å². The minimum absolute atomic E-state index is 0.214. The fraction of sp³-hybridized carbons (Fsp3) is 0.692. The third-order valence-electron chi connectivity index (χ3n) is 2.32. The SMILES string of the molecule is C=C(CNC(CC(C)C)C(=O)OC)C(=O)OCC. The van der Waals surface area contributed by atoms with Gasteiger partial charge in [-0.25, -0.2) is 4.79 Å². The van der Waals surface area contributed by atoms with E-state index in [1.807, 2.05) is 13.8 Å². The predicted molar refractivity (Wildman–Crippen MR) is 69.0 cm³/mol. The number of carbonyl (C=O) groups excluding carboxylic acids is 2. The maximum Gasteiger partial charge on any atom is 0.334 e. The molecule has 0 saturated carbocycles. The van der Waals surface area contributed by atoms with E-state index in [1.165, 1.54) is 7.11 Å². The first kappa shape index (κ1) is 16.6. The summed E-state index contributed by atoms with van der Waals surface area (Å²) in [6, 6.07) is -0.429. The summed E-state index contributed by atoms with van der Waals surface area (Å²) in [6.45, 7) is 9.90. The summed E-state index contributed by atoms with van der Waals surface area (Å²) in [7, 11) is 1.34. The Hall–Kier alpha value is -1.36. The topological polar surface area (TPSA) is 64.6 Å². The number of hydrogen-bond donors (Lipinski definition) is 1. The first-order valence-corrected chi connectivity index (χ1v) is 6.08. The molecule has 0 amide bonds. The zero-order chi connectivity index (χ0) is 14.1. The fourth-order valence-corrected chi connectivity index (χ4v) is 1.43. The van der Waals surface area contributed by atoms with Crippen LogP contribution in [0.2, 0.25) is 0 Å². The molecule has 0 rings (SSSR count). The molecule has 0 spiro atoms. The first-order valence-electron chi connectivity index (χ1n) is 6.08. The van der Waals surface area contributed by atoms with Gasteiger partial charge in [-0.3, -0.25) is 4.79 Å². The summed E-state index contributed by atoms with van der Waals surface area (Å²) in [6.07, 6.45) is 0.642. The Balaban J connectivity index is 4.29. The second-order valence-electron chi connectivity index (χ2n) is 4.41. The van der Waals surface area contributed by atoms with Crippen LogP contribution in [0.5, 0.6) is 0 Å². The van der Waals surface area contributed by atoms with Crippen molar-refractivity contribution in [2.75, 3.05) is 20.3 Å². The van der Waals surface area contributed by atoms with Gasteiger partial charge in [0.25, 0.3) is 0 Å². The summed E-state index contributed by atoms with van der Waals surface area (Å²) in [5.41, 5.74) is 0.300. The van der Waals surface area contributed by atoms with Crippen LogP contribution >= 0.6 is 0 Å². The Morgan fingerprint density at radius 3 is 2.39 bits per heavy atom. The van der Waals surface area contributed by atoms with Gasteiger partial charge in [0, 0.05) is 12.1 Å². The number of nitrogens with one attached hydrogen (secondary N) is 1. The molecule has 0 aliphatic heterocycles. The highest BCUT2D eigenvalue weighted by molar-refractivity contribution is 5.88. The molecule has 0 aromatic carbocycles. The Kier molecular flexibility index (Phi) is 8.03. The third kappa shape index (κ3) is 6.39. The van der Waals surface area contributed by atoms with E-state index in [0.29, 0.717) is 24.5 Å². The summed E-state index contributed by atoms with van der Waals surface area (Å²) in [5, 5.41) is 2.97. The molecular formula is C13H23NO4. The van der Waals surface area contributed by atoms with Crippen molar-refractivity contribution < 1.29 is 19.1 Å². The molecule has 0 bridgehead atoms. The maximum absolute atomic E-state index is 11.5. The van der Waals surface area contributed by atoms with E-state index in [4.69, 9.17) is 9.47 Å². The largest absolute Gasteiger partial charge is 0.468 e. The molecule has 0 aliphatic carbocycles. The highest BCUT2D eigenvalue weighted by Crippen LogP contribution is 2.06. The molecule has 0 saturated heterocycles. The lowest BCUT2D eigenvalue weighted by Gasteiger charge is -2.18. The van der Waals surface area contributed by atoms with Crippen LogP contribution in [0.25, 0.3) is 0 Å². The van der Waals surface area contributed by atoms with Crippen LogP contribution in [-0.2, 0) is 19.1 Å². The Labute approximate surface area is 109 Å². The standard InChI is InChI=1S/C13H23NO4/c1-6-18-12(15)10(4)8-14-11(7-9(2)3)13(16)17-5/h9,11,14H,4,6-8H2,1-3,5H3. The number of hydrogen-bond acceptors (Lipinski definition) is 5. The van der Waals surface area contributed by atoms with E-state index in [2.05, 4.69) is 11.9 Å². The molecule has 5 nitrogen and oxygen atoms in total. The maximum atomic E-state index is 11.5. The van der Waals surface area contributed by atoms with Gasteiger partial charge in [0.1, 0.15) is 6.04 Å². The van der Waals surface area contributed by atoms with Crippen molar-refractivity contribution in [3.63, 3.8) is 0 Å². The molecule has 1 N–H and O–H groups in total. The highest BCUT2D eigenvalue weighted by Gasteiger charge is 2.21. The predicted octanol–water partition coefficient (Wildman–Crippen LogP) is 1.28. The number of methoxy groups -OCH3 is 1. The van der Waals surface area contributed by atoms with Crippen molar-refractivity contribution in [2.24, 2.45) is 5.92 Å². The molecular weight excluding hydrogens is 234 g/mol. The van der Waals surface area contributed by atoms with Gasteiger partial charge in [-0.15, -0.1) is 0 Å². The average molecular weight is 257 g/mol. The second-order valence-corrected chi connectivity index (χ2v) is 4.41. The van der Waals surface area contributed by atoms with Crippen LogP contribution in [0.1, 0.15) is 27.2 Å². The van der Waals surface area contributed by atoms with E-state index in [-0.39, 0.29) is 12.5 Å². The number of ether oxygens (including phenoxy) is 2. The first-order chi connectivity index (χ1) is 8.42. The fourth-order valence-electron chi connectivity index (χ4n) is 1.43. The highest BCUT2D eigenvalue weighted by atomic mass is 16.5. The van der Waals surface area contributed by atoms with E-state index < -0.39 is 12.0 Å². The summed E-state index contributed by atoms with van der Waals surface area (Å²) < 4.78 is 9.52. The zero-order valence-corrected chi connectivity index (χ0v) is 11.6. The zero-order valence-electron chi connectivity index (χ0n) is 11.6. The smallest absolute Gasteiger partial charge is 0.334 e. The number of esters is 2. The van der Waals surface area contributed by atoms with Crippen molar-refractivity contribution in [1.82, 2.24) is 5.32 Å². The van der Waals surface area contributed by atoms with Crippen LogP contribution < -0.4 is 5.32 Å². The van der Waals surface area contributed by atoms with Gasteiger partial charge in [0.05, 0.1) is 13.7 Å². The van der Waals surface area contributed by atoms with Gasteiger partial charge < -0.3 is 14.8 Å². The van der Waals surface area contributed by atoms with Crippen molar-refractivity contribution in [1.29, 1.82) is 0 Å². The average Bonchev–Trinajstić information content (AvgIpc) is 2.32. The van der Waals surface area contributed by atoms with Crippen molar-refractivity contribution in [3.05, 3.63) is 12.2 Å². The van der Waals surface area contributed by atoms with Gasteiger partial charge in [0.2, 0.25) is 0 Å². The molecule has 0 radical (unpaired) electrons. The Morgan fingerprint density at radius 2 is 1.94 bits per heavy atom. The van der Waals surface area contributed by atoms with Gasteiger partial charge in [0.15, 0.2) is 0 Å². The van der Waals surface area contributed by atoms with E-state index in [1.54, 1.807) is 6.92 Å². The second kappa shape index (κ2) is 8.69. The van der Waals surface area contributed by atoms with E-state index >= 15 is 0 Å². The Morgan fingerprint density at radius 1 is 1.33 bits per heavy atom. The molecule has 104 valence electrons. The molecule has 1 unspecified atom stereocenters. The van der Waals surface area contributed by atoms with Crippen LogP contribution in [0.4, 0.5) is 0 Å². The third-order valence-corrected chi connectivity index (χ3v) is 2.32. The quantitative estimate of drug-likeness (QED) is 0.524. The van der Waals surface area contributed by atoms with Gasteiger partial charge in [-0.05, 0) is 19.3 Å². The van der Waals surface area contributed by atoms with Crippen LogP contribution in [0.3, 0.4) is 0 Å². The summed E-state index contributed by atoms with van der Waals surface area (Å²) in [4.78, 5) is 22.9. The number of rotatable bonds is 8. The molecule has 18 heavy (non-hydrogen) atoms. The molecule has 5 heteroatoms. The lowest BCUT2D eigenvalue weighted by molar-refractivity contribution is -0.144. The molecule has 0 aliphatic rings. The molecule has 0 fully saturated rings. The van der Waals surface area contributed by atoms with Crippen molar-refractivity contribution in [2.45, 2.75) is 33.2 Å². The van der Waals surface area contributed by atoms with E-state index in [9.17, 15) is 9.59 Å². The van der Waals surface area contributed by atoms with E-state index in [0.717, 1.165) is 0 Å². The molecule has 1 atom stereocenters. The van der Waals surface area contributed by atoms with Crippen molar-refractivity contribution in [3.8, 4) is 0 Å². The molecule has 0 aromatic heterocycles. The van der Waals surface area contributed by atoms with Crippen molar-refractivity contribution >= 4 is 11.9 Å². The van der Waals surface area contributed by atoms with Gasteiger partial charge in [-0.1, -0.05) is 20.4 Å². The monoisotopic (exact) mass is 257 g/mol. The lowest BCUT2D eigenvalue weighted by Crippen LogP contribution is -2.40. The molecule has 0 heterocycles. The minimum Gasteiger partial charge on any atom is -0.468 e. The molecule has 0 aromatic rings. The minimum atomic E-state index is -0.446. The normalized spacial score (nSPS) is 12.1. The lowest BCUT2D eigenvalue weighted by atomic mass is 10.0. The summed E-state index contributed by atoms with van der Waals surface area (Å²) in [5.74, 6) is -0.434. The van der Waals surface area contributed by atoms with Crippen LogP contribution in [0.15, 0.2) is 12.2 Å². The van der Waals surface area contributed by atoms with Gasteiger partial charge in [-0.2, -0.15) is 0 Å². The van der Waals surface area contributed by atoms with Gasteiger partial charge >= 0.3 is 11.9 Å². The Bertz CT molecular complexity index is 299.